The van der Waals surface area contributed by atoms with E-state index in [9.17, 15) is 9.59 Å². The molecule has 0 fully saturated rings. The van der Waals surface area contributed by atoms with E-state index < -0.39 is 0 Å². The number of amides is 2. The van der Waals surface area contributed by atoms with Gasteiger partial charge in [0.25, 0.3) is 5.91 Å². The molecular formula is C19H18ClN5O2. The number of carbonyl (C=O) groups is 2. The number of nitrogens with zero attached hydrogens (tertiary/aromatic N) is 3. The fourth-order valence-corrected chi connectivity index (χ4v) is 2.72. The van der Waals surface area contributed by atoms with Crippen molar-refractivity contribution in [1.82, 2.24) is 25.4 Å². The maximum Gasteiger partial charge on any atom is 0.251 e. The molecule has 0 bridgehead atoms. The van der Waals surface area contributed by atoms with Crippen LogP contribution in [0.15, 0.2) is 61.2 Å². The molecule has 27 heavy (non-hydrogen) atoms. The third kappa shape index (κ3) is 4.92. The minimum atomic E-state index is -0.350. The van der Waals surface area contributed by atoms with E-state index in [4.69, 9.17) is 11.6 Å². The van der Waals surface area contributed by atoms with Gasteiger partial charge in [0.05, 0.1) is 18.3 Å². The predicted octanol–water partition coefficient (Wildman–Crippen LogP) is 2.53. The zero-order valence-electron chi connectivity index (χ0n) is 14.6. The van der Waals surface area contributed by atoms with Gasteiger partial charge in [0.1, 0.15) is 12.7 Å². The van der Waals surface area contributed by atoms with Crippen LogP contribution in [-0.4, -0.2) is 33.1 Å². The number of benzene rings is 2. The zero-order chi connectivity index (χ0) is 19.2. The Bertz CT molecular complexity index is 926. The fraction of sp³-hybridized carbons (Fsp3) is 0.158. The molecule has 7 nitrogen and oxygen atoms in total. The maximum absolute atomic E-state index is 12.1. The van der Waals surface area contributed by atoms with Crippen LogP contribution in [-0.2, 0) is 4.79 Å². The molecular weight excluding hydrogens is 366 g/mol. The molecule has 3 rings (SSSR count). The molecule has 1 aromatic heterocycles. The number of carbonyl (C=O) groups excluding carboxylic acids is 2. The van der Waals surface area contributed by atoms with Gasteiger partial charge in [-0.15, -0.1) is 0 Å². The van der Waals surface area contributed by atoms with Gasteiger partial charge in [-0.25, -0.2) is 9.67 Å². The highest BCUT2D eigenvalue weighted by Gasteiger charge is 2.12. The average molecular weight is 384 g/mol. The Morgan fingerprint density at radius 2 is 1.96 bits per heavy atom. The van der Waals surface area contributed by atoms with Gasteiger partial charge in [-0.05, 0) is 42.8 Å². The topological polar surface area (TPSA) is 88.9 Å². The van der Waals surface area contributed by atoms with Crippen molar-refractivity contribution < 1.29 is 9.59 Å². The minimum absolute atomic E-state index is 0.118. The molecule has 0 spiro atoms. The molecule has 3 aromatic rings. The molecule has 0 aliphatic carbocycles. The van der Waals surface area contributed by atoms with Gasteiger partial charge in [0.2, 0.25) is 5.91 Å². The summed E-state index contributed by atoms with van der Waals surface area (Å²) < 4.78 is 1.65. The molecule has 2 aromatic carbocycles. The highest BCUT2D eigenvalue weighted by Crippen LogP contribution is 2.15. The summed E-state index contributed by atoms with van der Waals surface area (Å²) in [7, 11) is 0. The smallest absolute Gasteiger partial charge is 0.251 e. The molecule has 0 saturated heterocycles. The van der Waals surface area contributed by atoms with E-state index in [0.717, 1.165) is 11.3 Å². The van der Waals surface area contributed by atoms with Crippen LogP contribution in [0, 0.1) is 0 Å². The van der Waals surface area contributed by atoms with Crippen molar-refractivity contribution in [3.05, 3.63) is 77.3 Å². The van der Waals surface area contributed by atoms with Gasteiger partial charge in [0.15, 0.2) is 0 Å². The van der Waals surface area contributed by atoms with Crippen molar-refractivity contribution in [3.8, 4) is 5.69 Å². The fourth-order valence-electron chi connectivity index (χ4n) is 2.53. The first-order valence-corrected chi connectivity index (χ1v) is 8.69. The molecule has 0 radical (unpaired) electrons. The molecule has 2 N–H and O–H groups in total. The van der Waals surface area contributed by atoms with Crippen LogP contribution in [0.1, 0.15) is 28.9 Å². The number of hydrogen-bond acceptors (Lipinski definition) is 4. The van der Waals surface area contributed by atoms with Crippen molar-refractivity contribution in [3.63, 3.8) is 0 Å². The summed E-state index contributed by atoms with van der Waals surface area (Å²) in [5.74, 6) is -0.629. The van der Waals surface area contributed by atoms with E-state index in [1.807, 2.05) is 31.2 Å². The van der Waals surface area contributed by atoms with E-state index >= 15 is 0 Å². The highest BCUT2D eigenvalue weighted by atomic mass is 35.5. The van der Waals surface area contributed by atoms with Crippen molar-refractivity contribution in [2.75, 3.05) is 6.54 Å². The van der Waals surface area contributed by atoms with Gasteiger partial charge in [-0.3, -0.25) is 9.59 Å². The lowest BCUT2D eigenvalue weighted by Gasteiger charge is -2.15. The number of halogens is 1. The molecule has 138 valence electrons. The summed E-state index contributed by atoms with van der Waals surface area (Å²) in [6, 6.07) is 14.0. The van der Waals surface area contributed by atoms with E-state index in [1.54, 1.807) is 35.3 Å². The summed E-state index contributed by atoms with van der Waals surface area (Å²) in [5.41, 5.74) is 2.23. The first-order valence-electron chi connectivity index (χ1n) is 8.31. The third-order valence-corrected chi connectivity index (χ3v) is 4.19. The Morgan fingerprint density at radius 3 is 2.63 bits per heavy atom. The second-order valence-electron chi connectivity index (χ2n) is 5.91. The normalized spacial score (nSPS) is 11.6. The van der Waals surface area contributed by atoms with Gasteiger partial charge in [0, 0.05) is 10.6 Å². The Labute approximate surface area is 161 Å². The number of nitrogens with one attached hydrogen (secondary N) is 2. The Hall–Kier alpha value is -3.19. The molecule has 1 atom stereocenters. The van der Waals surface area contributed by atoms with Crippen molar-refractivity contribution in [2.45, 2.75) is 13.0 Å². The van der Waals surface area contributed by atoms with Crippen LogP contribution < -0.4 is 10.6 Å². The average Bonchev–Trinajstić information content (AvgIpc) is 3.21. The largest absolute Gasteiger partial charge is 0.348 e. The first kappa shape index (κ1) is 18.6. The second-order valence-corrected chi connectivity index (χ2v) is 6.35. The zero-order valence-corrected chi connectivity index (χ0v) is 15.3. The lowest BCUT2D eigenvalue weighted by molar-refractivity contribution is -0.120. The third-order valence-electron chi connectivity index (χ3n) is 3.95. The molecule has 0 aliphatic rings. The maximum atomic E-state index is 12.1. The van der Waals surface area contributed by atoms with Crippen molar-refractivity contribution in [2.24, 2.45) is 0 Å². The molecule has 0 aliphatic heterocycles. The van der Waals surface area contributed by atoms with Crippen LogP contribution in [0.25, 0.3) is 5.69 Å². The predicted molar refractivity (Wildman–Crippen MR) is 102 cm³/mol. The SMILES string of the molecule is CC(NC(=O)CNC(=O)c1cccc(Cl)c1)c1ccc(-n2cncn2)cc1. The number of rotatable bonds is 6. The summed E-state index contributed by atoms with van der Waals surface area (Å²) in [6.07, 6.45) is 3.08. The van der Waals surface area contributed by atoms with Crippen molar-refractivity contribution in [1.29, 1.82) is 0 Å². The van der Waals surface area contributed by atoms with Crippen LogP contribution in [0.5, 0.6) is 0 Å². The Morgan fingerprint density at radius 1 is 1.19 bits per heavy atom. The van der Waals surface area contributed by atoms with E-state index in [1.165, 1.54) is 6.33 Å². The van der Waals surface area contributed by atoms with Crippen LogP contribution in [0.4, 0.5) is 0 Å². The lowest BCUT2D eigenvalue weighted by atomic mass is 10.1. The molecule has 1 heterocycles. The number of hydrogen-bond donors (Lipinski definition) is 2. The Kier molecular flexibility index (Phi) is 5.83. The minimum Gasteiger partial charge on any atom is -0.348 e. The van der Waals surface area contributed by atoms with Crippen LogP contribution in [0.2, 0.25) is 5.02 Å². The summed E-state index contributed by atoms with van der Waals surface area (Å²) in [4.78, 5) is 28.1. The van der Waals surface area contributed by atoms with Crippen LogP contribution in [0.3, 0.4) is 0 Å². The van der Waals surface area contributed by atoms with Crippen molar-refractivity contribution >= 4 is 23.4 Å². The molecule has 8 heteroatoms. The standard InChI is InChI=1S/C19H18ClN5O2/c1-13(14-5-7-17(8-6-14)25-12-21-11-23-25)24-18(26)10-22-19(27)15-3-2-4-16(20)9-15/h2-9,11-13H,10H2,1H3,(H,22,27)(H,24,26). The highest BCUT2D eigenvalue weighted by molar-refractivity contribution is 6.30. The molecule has 2 amide bonds. The summed E-state index contributed by atoms with van der Waals surface area (Å²) >= 11 is 5.86. The first-order chi connectivity index (χ1) is 13.0. The summed E-state index contributed by atoms with van der Waals surface area (Å²) in [5, 5.41) is 9.97. The quantitative estimate of drug-likeness (QED) is 0.684. The van der Waals surface area contributed by atoms with Gasteiger partial charge < -0.3 is 10.6 Å². The molecule has 0 saturated carbocycles. The van der Waals surface area contributed by atoms with Gasteiger partial charge >= 0.3 is 0 Å². The van der Waals surface area contributed by atoms with Gasteiger partial charge in [-0.1, -0.05) is 29.8 Å². The summed E-state index contributed by atoms with van der Waals surface area (Å²) in [6.45, 7) is 1.76. The lowest BCUT2D eigenvalue weighted by Crippen LogP contribution is -2.38. The second kappa shape index (κ2) is 8.46. The van der Waals surface area contributed by atoms with E-state index in [2.05, 4.69) is 20.7 Å². The number of aromatic nitrogens is 3. The van der Waals surface area contributed by atoms with E-state index in [0.29, 0.717) is 10.6 Å². The van der Waals surface area contributed by atoms with Crippen LogP contribution >= 0.6 is 11.6 Å². The van der Waals surface area contributed by atoms with E-state index in [-0.39, 0.29) is 24.4 Å². The monoisotopic (exact) mass is 383 g/mol. The molecule has 1 unspecified atom stereocenters. The Balaban J connectivity index is 1.52. The van der Waals surface area contributed by atoms with Gasteiger partial charge in [-0.2, -0.15) is 5.10 Å².